The van der Waals surface area contributed by atoms with Gasteiger partial charge in [-0.15, -0.1) is 0 Å². The van der Waals surface area contributed by atoms with Gasteiger partial charge in [0, 0.05) is 12.4 Å². The van der Waals surface area contributed by atoms with E-state index in [9.17, 15) is 0 Å². The van der Waals surface area contributed by atoms with Crippen LogP contribution in [0.2, 0.25) is 19.1 Å². The number of nitrogens with one attached hydrogen (secondary N) is 1. The van der Waals surface area contributed by atoms with E-state index in [4.69, 9.17) is 0 Å². The molecule has 12 heavy (non-hydrogen) atoms. The van der Waals surface area contributed by atoms with Gasteiger partial charge in [-0.05, 0) is 0 Å². The lowest BCUT2D eigenvalue weighted by Gasteiger charge is -2.18. The number of hydrogen-bond acceptors (Lipinski definition) is 1. The van der Waals surface area contributed by atoms with Crippen molar-refractivity contribution in [1.29, 1.82) is 0 Å². The van der Waals surface area contributed by atoms with Crippen LogP contribution in [0, 0.1) is 0 Å². The van der Waals surface area contributed by atoms with Gasteiger partial charge in [0.05, 0.1) is 5.45 Å². The molecule has 0 saturated carbocycles. The minimum atomic E-state index is -1.21. The van der Waals surface area contributed by atoms with Crippen molar-refractivity contribution in [2.75, 3.05) is 0 Å². The summed E-state index contributed by atoms with van der Waals surface area (Å²) in [6, 6.07) is 1.34. The van der Waals surface area contributed by atoms with Crippen molar-refractivity contribution < 1.29 is 0 Å². The van der Waals surface area contributed by atoms with Crippen molar-refractivity contribution in [1.82, 2.24) is 9.97 Å². The van der Waals surface area contributed by atoms with Gasteiger partial charge < -0.3 is 4.98 Å². The highest BCUT2D eigenvalue weighted by atomic mass is 28.3. The van der Waals surface area contributed by atoms with Crippen LogP contribution in [0.15, 0.2) is 12.4 Å². The molecular formula is C9H18N2Si. The number of imidazole rings is 1. The molecule has 0 amide bonds. The Morgan fingerprint density at radius 3 is 2.75 bits per heavy atom. The Hall–Kier alpha value is -0.573. The van der Waals surface area contributed by atoms with Crippen molar-refractivity contribution in [2.24, 2.45) is 0 Å². The van der Waals surface area contributed by atoms with Gasteiger partial charge in [-0.2, -0.15) is 0 Å². The lowest BCUT2D eigenvalue weighted by atomic mass is 10.4. The zero-order valence-electron chi connectivity index (χ0n) is 8.22. The molecule has 1 heterocycles. The number of aromatic nitrogens is 2. The Kier molecular flexibility index (Phi) is 3.09. The molecule has 1 aromatic rings. The van der Waals surface area contributed by atoms with Gasteiger partial charge >= 0.3 is 0 Å². The van der Waals surface area contributed by atoms with Gasteiger partial charge in [-0.25, -0.2) is 4.98 Å². The van der Waals surface area contributed by atoms with Crippen LogP contribution in [0.4, 0.5) is 0 Å². The predicted molar refractivity (Wildman–Crippen MR) is 55.4 cm³/mol. The zero-order chi connectivity index (χ0) is 9.03. The summed E-state index contributed by atoms with van der Waals surface area (Å²) < 4.78 is 0. The van der Waals surface area contributed by atoms with E-state index in [0.717, 1.165) is 0 Å². The molecule has 0 atom stereocenters. The second-order valence-corrected chi connectivity index (χ2v) is 8.67. The molecule has 3 heteroatoms. The normalized spacial score (nSPS) is 11.9. The van der Waals surface area contributed by atoms with Gasteiger partial charge in [-0.1, -0.05) is 38.9 Å². The summed E-state index contributed by atoms with van der Waals surface area (Å²) in [4.78, 5) is 7.58. The van der Waals surface area contributed by atoms with Crippen molar-refractivity contribution >= 4 is 13.5 Å². The average Bonchev–Trinajstić information content (AvgIpc) is 2.53. The Bertz CT molecular complexity index is 216. The maximum atomic E-state index is 4.35. The van der Waals surface area contributed by atoms with E-state index in [2.05, 4.69) is 30.0 Å². The third-order valence-corrected chi connectivity index (χ3v) is 5.45. The van der Waals surface area contributed by atoms with Crippen LogP contribution in [-0.2, 0) is 0 Å². The van der Waals surface area contributed by atoms with E-state index in [1.165, 1.54) is 24.3 Å². The summed E-state index contributed by atoms with van der Waals surface area (Å²) in [6.45, 7) is 7.00. The highest BCUT2D eigenvalue weighted by Crippen LogP contribution is 2.11. The first-order chi connectivity index (χ1) is 5.67. The van der Waals surface area contributed by atoms with E-state index in [1.54, 1.807) is 0 Å². The van der Waals surface area contributed by atoms with E-state index < -0.39 is 8.07 Å². The average molecular weight is 182 g/mol. The first-order valence-corrected chi connectivity index (χ1v) is 7.87. The predicted octanol–water partition coefficient (Wildman–Crippen LogP) is 2.13. The molecule has 0 radical (unpaired) electrons. The van der Waals surface area contributed by atoms with E-state index in [-0.39, 0.29) is 0 Å². The summed E-state index contributed by atoms with van der Waals surface area (Å²) >= 11 is 0. The fraction of sp³-hybridized carbons (Fsp3) is 0.667. The Morgan fingerprint density at radius 2 is 2.25 bits per heavy atom. The molecule has 68 valence electrons. The van der Waals surface area contributed by atoms with Gasteiger partial charge in [0.2, 0.25) is 0 Å². The van der Waals surface area contributed by atoms with Gasteiger partial charge in [0.1, 0.15) is 8.07 Å². The lowest BCUT2D eigenvalue weighted by Crippen LogP contribution is -2.43. The molecule has 0 aromatic carbocycles. The molecule has 0 fully saturated rings. The van der Waals surface area contributed by atoms with Crippen molar-refractivity contribution in [3.63, 3.8) is 0 Å². The van der Waals surface area contributed by atoms with Crippen molar-refractivity contribution in [3.8, 4) is 0 Å². The second kappa shape index (κ2) is 3.89. The van der Waals surface area contributed by atoms with Crippen molar-refractivity contribution in [3.05, 3.63) is 12.4 Å². The summed E-state index contributed by atoms with van der Waals surface area (Å²) in [6.07, 6.45) is 6.41. The van der Waals surface area contributed by atoms with Crippen LogP contribution in [0.5, 0.6) is 0 Å². The first kappa shape index (κ1) is 9.51. The molecule has 0 bridgehead atoms. The summed E-state index contributed by atoms with van der Waals surface area (Å²) in [5.41, 5.74) is 1.25. The van der Waals surface area contributed by atoms with Crippen LogP contribution in [0.25, 0.3) is 0 Å². The van der Waals surface area contributed by atoms with Crippen LogP contribution >= 0.6 is 0 Å². The lowest BCUT2D eigenvalue weighted by molar-refractivity contribution is 0.869. The highest BCUT2D eigenvalue weighted by Gasteiger charge is 2.24. The Labute approximate surface area is 75.4 Å². The third kappa shape index (κ3) is 2.20. The smallest absolute Gasteiger partial charge is 0.126 e. The monoisotopic (exact) mass is 182 g/mol. The molecular weight excluding hydrogens is 164 g/mol. The second-order valence-electron chi connectivity index (χ2n) is 3.93. The molecule has 0 aliphatic rings. The molecule has 0 spiro atoms. The maximum absolute atomic E-state index is 4.35. The number of nitrogens with zero attached hydrogens (tertiary/aromatic N) is 1. The fourth-order valence-electron chi connectivity index (χ4n) is 1.37. The van der Waals surface area contributed by atoms with Crippen LogP contribution in [0.1, 0.15) is 19.8 Å². The maximum Gasteiger partial charge on any atom is 0.126 e. The zero-order valence-corrected chi connectivity index (χ0v) is 9.22. The molecule has 1 rings (SSSR count). The topological polar surface area (TPSA) is 28.7 Å². The van der Waals surface area contributed by atoms with Crippen LogP contribution in [-0.4, -0.2) is 18.0 Å². The molecule has 0 saturated heterocycles. The van der Waals surface area contributed by atoms with Gasteiger partial charge in [0.15, 0.2) is 0 Å². The van der Waals surface area contributed by atoms with E-state index in [0.29, 0.717) is 0 Å². The summed E-state index contributed by atoms with van der Waals surface area (Å²) in [7, 11) is -1.21. The summed E-state index contributed by atoms with van der Waals surface area (Å²) in [5.74, 6) is 0. The molecule has 1 aromatic heterocycles. The third-order valence-electron chi connectivity index (χ3n) is 2.29. The first-order valence-electron chi connectivity index (χ1n) is 4.66. The quantitative estimate of drug-likeness (QED) is 0.710. The SMILES string of the molecule is CCCC[Si](C)(C)c1ncc[nH]1. The summed E-state index contributed by atoms with van der Waals surface area (Å²) in [5, 5.41) is 0. The Morgan fingerprint density at radius 1 is 1.50 bits per heavy atom. The molecule has 0 aliphatic carbocycles. The van der Waals surface area contributed by atoms with Crippen LogP contribution < -0.4 is 5.45 Å². The molecule has 1 N–H and O–H groups in total. The molecule has 0 aliphatic heterocycles. The standard InChI is InChI=1S/C9H18N2Si/c1-4-5-8-12(2,3)9-10-6-7-11-9/h6-7H,4-5,8H2,1-3H3,(H,10,11). The van der Waals surface area contributed by atoms with Gasteiger partial charge in [0.25, 0.3) is 0 Å². The van der Waals surface area contributed by atoms with Gasteiger partial charge in [-0.3, -0.25) is 0 Å². The Balaban J connectivity index is 2.59. The minimum absolute atomic E-state index is 1.21. The number of rotatable bonds is 4. The van der Waals surface area contributed by atoms with Crippen LogP contribution in [0.3, 0.4) is 0 Å². The largest absolute Gasteiger partial charge is 0.353 e. The number of unbranched alkanes of at least 4 members (excludes halogenated alkanes) is 1. The fourth-order valence-corrected chi connectivity index (χ4v) is 3.74. The highest BCUT2D eigenvalue weighted by molar-refractivity contribution is 6.88. The number of hydrogen-bond donors (Lipinski definition) is 1. The van der Waals surface area contributed by atoms with E-state index in [1.807, 2.05) is 12.4 Å². The number of aromatic amines is 1. The molecule has 2 nitrogen and oxygen atoms in total. The van der Waals surface area contributed by atoms with Crippen molar-refractivity contribution in [2.45, 2.75) is 38.9 Å². The molecule has 0 unspecified atom stereocenters. The number of H-pyrrole nitrogens is 1. The minimum Gasteiger partial charge on any atom is -0.353 e. The van der Waals surface area contributed by atoms with E-state index >= 15 is 0 Å².